The van der Waals surface area contributed by atoms with Crippen LogP contribution in [0.5, 0.6) is 5.75 Å². The molecule has 4 aromatic rings. The third-order valence-corrected chi connectivity index (χ3v) is 6.59. The normalized spacial score (nSPS) is 15.4. The zero-order chi connectivity index (χ0) is 25.6. The first-order chi connectivity index (χ1) is 18.1. The molecule has 2 amide bonds. The molecule has 1 saturated heterocycles. The van der Waals surface area contributed by atoms with Crippen molar-refractivity contribution in [3.8, 4) is 23.0 Å². The van der Waals surface area contributed by atoms with Crippen molar-refractivity contribution in [1.29, 1.82) is 0 Å². The third-order valence-electron chi connectivity index (χ3n) is 6.59. The van der Waals surface area contributed by atoms with E-state index in [2.05, 4.69) is 15.3 Å². The predicted molar refractivity (Wildman–Crippen MR) is 138 cm³/mol. The van der Waals surface area contributed by atoms with Crippen molar-refractivity contribution >= 4 is 6.03 Å². The smallest absolute Gasteiger partial charge is 0.317 e. The monoisotopic (exact) mass is 500 g/mol. The first-order valence-corrected chi connectivity index (χ1v) is 12.4. The minimum absolute atomic E-state index is 0.0617. The molecule has 1 atom stereocenters. The van der Waals surface area contributed by atoms with Gasteiger partial charge in [-0.1, -0.05) is 12.1 Å². The number of carbonyl (C=O) groups is 1. The molecule has 0 saturated carbocycles. The Bertz CT molecular complexity index is 1330. The van der Waals surface area contributed by atoms with Gasteiger partial charge in [-0.3, -0.25) is 0 Å². The highest BCUT2D eigenvalue weighted by Crippen LogP contribution is 2.31. The number of carbonyl (C=O) groups excluding carboxylic acids is 1. The van der Waals surface area contributed by atoms with Crippen LogP contribution in [0.25, 0.3) is 17.2 Å². The summed E-state index contributed by atoms with van der Waals surface area (Å²) in [5, 5.41) is 7.82. The molecule has 0 radical (unpaired) electrons. The number of hydrogen-bond acceptors (Lipinski definition) is 5. The van der Waals surface area contributed by atoms with Crippen molar-refractivity contribution in [2.75, 3.05) is 26.7 Å². The van der Waals surface area contributed by atoms with E-state index in [9.17, 15) is 9.18 Å². The van der Waals surface area contributed by atoms with Crippen LogP contribution in [-0.4, -0.2) is 57.4 Å². The van der Waals surface area contributed by atoms with Gasteiger partial charge in [0.1, 0.15) is 11.6 Å². The Morgan fingerprint density at radius 1 is 1.11 bits per heavy atom. The van der Waals surface area contributed by atoms with Gasteiger partial charge in [0.05, 0.1) is 18.5 Å². The Kier molecular flexibility index (Phi) is 7.39. The molecule has 1 aliphatic rings. The van der Waals surface area contributed by atoms with Crippen LogP contribution < -0.4 is 10.1 Å². The summed E-state index contributed by atoms with van der Waals surface area (Å²) in [7, 11) is 1.64. The highest BCUT2D eigenvalue weighted by Gasteiger charge is 2.28. The lowest BCUT2D eigenvalue weighted by molar-refractivity contribution is 0.178. The molecule has 5 rings (SSSR count). The molecular formula is C28H29FN6O2. The largest absolute Gasteiger partial charge is 0.497 e. The lowest BCUT2D eigenvalue weighted by Crippen LogP contribution is -2.45. The second kappa shape index (κ2) is 11.2. The summed E-state index contributed by atoms with van der Waals surface area (Å²) in [6.07, 6.45) is 5.88. The van der Waals surface area contributed by atoms with E-state index in [4.69, 9.17) is 9.84 Å². The SMILES string of the molecule is COc1ccc(CCNC(=O)N2CCCC(c3cc(-c4ccc(F)cc4)nn3-c3ncccn3)C2)cc1. The van der Waals surface area contributed by atoms with Gasteiger partial charge in [-0.2, -0.15) is 5.10 Å². The van der Waals surface area contributed by atoms with Crippen LogP contribution >= 0.6 is 0 Å². The topological polar surface area (TPSA) is 85.2 Å². The number of piperidine rings is 1. The first-order valence-electron chi connectivity index (χ1n) is 12.4. The van der Waals surface area contributed by atoms with Crippen LogP contribution in [0.1, 0.15) is 30.0 Å². The maximum Gasteiger partial charge on any atom is 0.317 e. The van der Waals surface area contributed by atoms with E-state index in [1.807, 2.05) is 35.2 Å². The van der Waals surface area contributed by atoms with Gasteiger partial charge in [-0.15, -0.1) is 0 Å². The van der Waals surface area contributed by atoms with E-state index in [0.717, 1.165) is 41.8 Å². The molecule has 0 aliphatic carbocycles. The number of nitrogens with one attached hydrogen (secondary N) is 1. The number of amides is 2. The number of benzene rings is 2. The summed E-state index contributed by atoms with van der Waals surface area (Å²) in [4.78, 5) is 23.6. The molecule has 9 heteroatoms. The third kappa shape index (κ3) is 5.77. The summed E-state index contributed by atoms with van der Waals surface area (Å²) in [5.41, 5.74) is 3.59. The van der Waals surface area contributed by atoms with Gasteiger partial charge >= 0.3 is 6.03 Å². The van der Waals surface area contributed by atoms with Crippen molar-refractivity contribution in [2.45, 2.75) is 25.2 Å². The van der Waals surface area contributed by atoms with E-state index in [1.54, 1.807) is 42.4 Å². The van der Waals surface area contributed by atoms with Crippen molar-refractivity contribution in [2.24, 2.45) is 0 Å². The standard InChI is InChI=1S/C28H29FN6O2/c1-37-24-11-5-20(6-12-24)13-16-32-28(36)34-17-2-4-22(19-34)26-18-25(21-7-9-23(29)10-8-21)33-35(26)27-30-14-3-15-31-27/h3,5-12,14-15,18,22H,2,4,13,16-17,19H2,1H3,(H,32,36). The molecule has 1 unspecified atom stereocenters. The van der Waals surface area contributed by atoms with Gasteiger partial charge in [0.2, 0.25) is 0 Å². The summed E-state index contributed by atoms with van der Waals surface area (Å²) in [6.45, 7) is 1.82. The van der Waals surface area contributed by atoms with Gasteiger partial charge in [0.15, 0.2) is 0 Å². The predicted octanol–water partition coefficient (Wildman–Crippen LogP) is 4.61. The summed E-state index contributed by atoms with van der Waals surface area (Å²) in [5.74, 6) is 1.05. The minimum Gasteiger partial charge on any atom is -0.497 e. The quantitative estimate of drug-likeness (QED) is 0.401. The minimum atomic E-state index is -0.296. The molecular weight excluding hydrogens is 471 g/mol. The number of methoxy groups -OCH3 is 1. The maximum absolute atomic E-state index is 13.5. The van der Waals surface area contributed by atoms with Crippen LogP contribution in [-0.2, 0) is 6.42 Å². The Hall–Kier alpha value is -4.27. The molecule has 0 bridgehead atoms. The van der Waals surface area contributed by atoms with Gasteiger partial charge in [-0.25, -0.2) is 23.8 Å². The van der Waals surface area contributed by atoms with Gasteiger partial charge in [0.25, 0.3) is 5.95 Å². The summed E-state index contributed by atoms with van der Waals surface area (Å²) in [6, 6.07) is 17.8. The molecule has 37 heavy (non-hydrogen) atoms. The number of hydrogen-bond donors (Lipinski definition) is 1. The second-order valence-electron chi connectivity index (χ2n) is 9.04. The van der Waals surface area contributed by atoms with Crippen LogP contribution in [0.15, 0.2) is 73.1 Å². The molecule has 1 N–H and O–H groups in total. The van der Waals surface area contributed by atoms with Crippen molar-refractivity contribution in [3.05, 3.63) is 90.1 Å². The average Bonchev–Trinajstić information content (AvgIpc) is 3.40. The fourth-order valence-electron chi connectivity index (χ4n) is 4.63. The zero-order valence-electron chi connectivity index (χ0n) is 20.7. The van der Waals surface area contributed by atoms with E-state index < -0.39 is 0 Å². The number of halogens is 1. The Labute approximate surface area is 215 Å². The number of likely N-dealkylation sites (tertiary alicyclic amines) is 1. The summed E-state index contributed by atoms with van der Waals surface area (Å²) >= 11 is 0. The van der Waals surface area contributed by atoms with Crippen LogP contribution in [0.3, 0.4) is 0 Å². The van der Waals surface area contributed by atoms with Crippen molar-refractivity contribution in [1.82, 2.24) is 30.0 Å². The van der Waals surface area contributed by atoms with Gasteiger partial charge < -0.3 is 15.0 Å². The Morgan fingerprint density at radius 3 is 2.59 bits per heavy atom. The van der Waals surface area contributed by atoms with E-state index in [1.165, 1.54) is 12.1 Å². The number of rotatable bonds is 7. The molecule has 0 spiro atoms. The molecule has 8 nitrogen and oxygen atoms in total. The fourth-order valence-corrected chi connectivity index (χ4v) is 4.63. The molecule has 1 aliphatic heterocycles. The van der Waals surface area contributed by atoms with Gasteiger partial charge in [-0.05, 0) is 73.4 Å². The Morgan fingerprint density at radius 2 is 1.86 bits per heavy atom. The molecule has 2 aromatic carbocycles. The number of nitrogens with zero attached hydrogens (tertiary/aromatic N) is 5. The first kappa shape index (κ1) is 24.4. The van der Waals surface area contributed by atoms with E-state index >= 15 is 0 Å². The van der Waals surface area contributed by atoms with Crippen LogP contribution in [0.2, 0.25) is 0 Å². The molecule has 190 valence electrons. The number of aromatic nitrogens is 4. The van der Waals surface area contributed by atoms with Gasteiger partial charge in [0, 0.05) is 43.5 Å². The fraction of sp³-hybridized carbons (Fsp3) is 0.286. The van der Waals surface area contributed by atoms with Crippen molar-refractivity contribution < 1.29 is 13.9 Å². The lowest BCUT2D eigenvalue weighted by atomic mass is 9.94. The van der Waals surface area contributed by atoms with E-state index in [-0.39, 0.29) is 17.8 Å². The highest BCUT2D eigenvalue weighted by molar-refractivity contribution is 5.74. The molecule has 3 heterocycles. The Balaban J connectivity index is 1.30. The zero-order valence-corrected chi connectivity index (χ0v) is 20.7. The van der Waals surface area contributed by atoms with Crippen molar-refractivity contribution in [3.63, 3.8) is 0 Å². The highest BCUT2D eigenvalue weighted by atomic mass is 19.1. The molecule has 2 aromatic heterocycles. The number of urea groups is 1. The van der Waals surface area contributed by atoms with Crippen LogP contribution in [0.4, 0.5) is 9.18 Å². The number of ether oxygens (including phenoxy) is 1. The molecule has 1 fully saturated rings. The lowest BCUT2D eigenvalue weighted by Gasteiger charge is -2.32. The maximum atomic E-state index is 13.5. The second-order valence-corrected chi connectivity index (χ2v) is 9.04. The van der Waals surface area contributed by atoms with E-state index in [0.29, 0.717) is 31.3 Å². The average molecular weight is 501 g/mol. The van der Waals surface area contributed by atoms with Crippen LogP contribution in [0, 0.1) is 5.82 Å². The summed E-state index contributed by atoms with van der Waals surface area (Å²) < 4.78 is 20.4.